The quantitative estimate of drug-likeness (QED) is 0.539. The fourth-order valence-electron chi connectivity index (χ4n) is 3.40. The summed E-state index contributed by atoms with van der Waals surface area (Å²) in [6.45, 7) is 4.05. The van der Waals surface area contributed by atoms with Gasteiger partial charge in [-0.1, -0.05) is 35.5 Å². The minimum Gasteiger partial charge on any atom is -0.489 e. The van der Waals surface area contributed by atoms with E-state index in [1.165, 1.54) is 0 Å². The molecule has 2 amide bonds. The summed E-state index contributed by atoms with van der Waals surface area (Å²) >= 11 is 0. The Morgan fingerprint density at radius 1 is 1.09 bits per heavy atom. The molecule has 0 spiro atoms. The van der Waals surface area contributed by atoms with Gasteiger partial charge < -0.3 is 19.9 Å². The van der Waals surface area contributed by atoms with E-state index in [9.17, 15) is 9.59 Å². The maximum absolute atomic E-state index is 12.8. The van der Waals surface area contributed by atoms with Crippen LogP contribution in [0, 0.1) is 13.8 Å². The lowest BCUT2D eigenvalue weighted by atomic mass is 10.0. The second-order valence-electron chi connectivity index (χ2n) is 8.11. The first-order chi connectivity index (χ1) is 15.5. The number of hydrogen-bond acceptors (Lipinski definition) is 5. The molecular weight excluding hydrogens is 406 g/mol. The Hall–Kier alpha value is -3.61. The first kappa shape index (κ1) is 21.6. The summed E-state index contributed by atoms with van der Waals surface area (Å²) in [5.41, 5.74) is 3.17. The summed E-state index contributed by atoms with van der Waals surface area (Å²) in [4.78, 5) is 25.6. The lowest BCUT2D eigenvalue weighted by Crippen LogP contribution is -2.48. The largest absolute Gasteiger partial charge is 0.489 e. The minimum atomic E-state index is -0.638. The standard InChI is InChI=1S/C25H27N3O4/c1-16-22(17(2)32-28-16)15-31-21-12-8-19(9-13-21)24(29)27-23(25(30)26-20-10-11-20)14-18-6-4-3-5-7-18/h3-9,12-13,20,23H,10-11,14-15H2,1-2H3,(H,26,30)(H,27,29). The molecule has 1 fully saturated rings. The van der Waals surface area contributed by atoms with E-state index in [2.05, 4.69) is 15.8 Å². The number of nitrogens with one attached hydrogen (secondary N) is 2. The Morgan fingerprint density at radius 2 is 1.81 bits per heavy atom. The van der Waals surface area contributed by atoms with Crippen LogP contribution >= 0.6 is 0 Å². The fourth-order valence-corrected chi connectivity index (χ4v) is 3.40. The van der Waals surface area contributed by atoms with E-state index in [4.69, 9.17) is 9.26 Å². The van der Waals surface area contributed by atoms with Crippen molar-refractivity contribution in [2.75, 3.05) is 0 Å². The van der Waals surface area contributed by atoms with Crippen molar-refractivity contribution in [1.29, 1.82) is 0 Å². The van der Waals surface area contributed by atoms with Gasteiger partial charge in [0.25, 0.3) is 5.91 Å². The highest BCUT2D eigenvalue weighted by Crippen LogP contribution is 2.20. The zero-order valence-electron chi connectivity index (χ0n) is 18.3. The second kappa shape index (κ2) is 9.68. The molecule has 4 rings (SSSR count). The molecule has 1 unspecified atom stereocenters. The monoisotopic (exact) mass is 433 g/mol. The van der Waals surface area contributed by atoms with Crippen molar-refractivity contribution in [2.45, 2.75) is 51.8 Å². The van der Waals surface area contributed by atoms with E-state index in [1.54, 1.807) is 24.3 Å². The lowest BCUT2D eigenvalue weighted by molar-refractivity contribution is -0.123. The molecule has 2 N–H and O–H groups in total. The number of nitrogens with zero attached hydrogens (tertiary/aromatic N) is 1. The van der Waals surface area contributed by atoms with Crippen LogP contribution < -0.4 is 15.4 Å². The topological polar surface area (TPSA) is 93.5 Å². The third kappa shape index (κ3) is 5.55. The Balaban J connectivity index is 1.39. The summed E-state index contributed by atoms with van der Waals surface area (Å²) in [6, 6.07) is 16.1. The molecule has 1 heterocycles. The molecule has 166 valence electrons. The van der Waals surface area contributed by atoms with Crippen LogP contribution in [0.1, 0.15) is 45.8 Å². The van der Waals surface area contributed by atoms with Gasteiger partial charge in [-0.15, -0.1) is 0 Å². The minimum absolute atomic E-state index is 0.149. The summed E-state index contributed by atoms with van der Waals surface area (Å²) < 4.78 is 10.9. The van der Waals surface area contributed by atoms with E-state index in [0.29, 0.717) is 24.3 Å². The maximum Gasteiger partial charge on any atom is 0.251 e. The van der Waals surface area contributed by atoms with Crippen molar-refractivity contribution < 1.29 is 18.8 Å². The molecule has 1 atom stereocenters. The molecule has 1 saturated carbocycles. The van der Waals surface area contributed by atoms with Crippen LogP contribution in [0.25, 0.3) is 0 Å². The van der Waals surface area contributed by atoms with Crippen molar-refractivity contribution in [2.24, 2.45) is 0 Å². The lowest BCUT2D eigenvalue weighted by Gasteiger charge is -2.19. The molecule has 0 saturated heterocycles. The molecule has 1 aliphatic carbocycles. The second-order valence-corrected chi connectivity index (χ2v) is 8.11. The number of carbonyl (C=O) groups excluding carboxylic acids is 2. The highest BCUT2D eigenvalue weighted by molar-refractivity contribution is 5.97. The number of amides is 2. The average Bonchev–Trinajstić information content (AvgIpc) is 3.56. The Morgan fingerprint density at radius 3 is 2.44 bits per heavy atom. The van der Waals surface area contributed by atoms with Gasteiger partial charge in [0.2, 0.25) is 5.91 Å². The normalized spacial score (nSPS) is 13.9. The van der Waals surface area contributed by atoms with Crippen LogP contribution in [0.15, 0.2) is 59.1 Å². The number of aromatic nitrogens is 1. The van der Waals surface area contributed by atoms with Gasteiger partial charge in [-0.3, -0.25) is 9.59 Å². The number of hydrogen-bond donors (Lipinski definition) is 2. The molecule has 3 aromatic rings. The van der Waals surface area contributed by atoms with E-state index in [1.807, 2.05) is 44.2 Å². The first-order valence-electron chi connectivity index (χ1n) is 10.8. The molecule has 0 radical (unpaired) electrons. The Bertz CT molecular complexity index is 1050. The molecule has 7 heteroatoms. The Kier molecular flexibility index (Phi) is 6.54. The average molecular weight is 434 g/mol. The highest BCUT2D eigenvalue weighted by atomic mass is 16.5. The van der Waals surface area contributed by atoms with Crippen molar-refractivity contribution in [1.82, 2.24) is 15.8 Å². The third-order valence-electron chi connectivity index (χ3n) is 5.51. The third-order valence-corrected chi connectivity index (χ3v) is 5.51. The van der Waals surface area contributed by atoms with Gasteiger partial charge in [-0.05, 0) is 56.5 Å². The van der Waals surface area contributed by atoms with Gasteiger partial charge in [0.05, 0.1) is 11.3 Å². The van der Waals surface area contributed by atoms with E-state index in [0.717, 1.165) is 35.4 Å². The van der Waals surface area contributed by atoms with Crippen LogP contribution in [0.3, 0.4) is 0 Å². The van der Waals surface area contributed by atoms with Gasteiger partial charge in [0.15, 0.2) is 0 Å². The number of ether oxygens (including phenoxy) is 1. The number of aryl methyl sites for hydroxylation is 2. The maximum atomic E-state index is 12.8. The van der Waals surface area contributed by atoms with E-state index < -0.39 is 6.04 Å². The van der Waals surface area contributed by atoms with Crippen LogP contribution in [0.5, 0.6) is 5.75 Å². The molecule has 2 aromatic carbocycles. The van der Waals surface area contributed by atoms with Gasteiger partial charge in [0, 0.05) is 18.0 Å². The van der Waals surface area contributed by atoms with Gasteiger partial charge in [0.1, 0.15) is 24.2 Å². The van der Waals surface area contributed by atoms with Crippen LogP contribution in [-0.2, 0) is 17.8 Å². The van der Waals surface area contributed by atoms with Crippen molar-refractivity contribution >= 4 is 11.8 Å². The van der Waals surface area contributed by atoms with Crippen molar-refractivity contribution in [3.05, 3.63) is 82.7 Å². The molecule has 1 aliphatic rings. The van der Waals surface area contributed by atoms with Crippen molar-refractivity contribution in [3.63, 3.8) is 0 Å². The van der Waals surface area contributed by atoms with Crippen LogP contribution in [0.2, 0.25) is 0 Å². The predicted molar refractivity (Wildman–Crippen MR) is 119 cm³/mol. The SMILES string of the molecule is Cc1noc(C)c1COc1ccc(C(=O)NC(Cc2ccccc2)C(=O)NC2CC2)cc1. The zero-order chi connectivity index (χ0) is 22.5. The summed E-state index contributed by atoms with van der Waals surface area (Å²) in [7, 11) is 0. The van der Waals surface area contributed by atoms with E-state index in [-0.39, 0.29) is 17.9 Å². The summed E-state index contributed by atoms with van der Waals surface area (Å²) in [5.74, 6) is 0.916. The number of rotatable bonds is 9. The molecule has 1 aromatic heterocycles. The van der Waals surface area contributed by atoms with Crippen LogP contribution in [-0.4, -0.2) is 29.1 Å². The first-order valence-corrected chi connectivity index (χ1v) is 10.8. The molecular formula is C25H27N3O4. The molecule has 0 bridgehead atoms. The zero-order valence-corrected chi connectivity index (χ0v) is 18.3. The fraction of sp³-hybridized carbons (Fsp3) is 0.320. The molecule has 0 aliphatic heterocycles. The summed E-state index contributed by atoms with van der Waals surface area (Å²) in [5, 5.41) is 9.80. The van der Waals surface area contributed by atoms with E-state index >= 15 is 0 Å². The van der Waals surface area contributed by atoms with Gasteiger partial charge in [-0.2, -0.15) is 0 Å². The van der Waals surface area contributed by atoms with Crippen molar-refractivity contribution in [3.8, 4) is 5.75 Å². The van der Waals surface area contributed by atoms with Gasteiger partial charge in [-0.25, -0.2) is 0 Å². The number of benzene rings is 2. The summed E-state index contributed by atoms with van der Waals surface area (Å²) in [6.07, 6.45) is 2.42. The highest BCUT2D eigenvalue weighted by Gasteiger charge is 2.28. The van der Waals surface area contributed by atoms with Crippen LogP contribution in [0.4, 0.5) is 0 Å². The molecule has 32 heavy (non-hydrogen) atoms. The number of carbonyl (C=O) groups is 2. The predicted octanol–water partition coefficient (Wildman–Crippen LogP) is 3.49. The van der Waals surface area contributed by atoms with Gasteiger partial charge >= 0.3 is 0 Å². The molecule has 7 nitrogen and oxygen atoms in total. The Labute approximate surface area is 187 Å². The smallest absolute Gasteiger partial charge is 0.251 e.